The van der Waals surface area contributed by atoms with Gasteiger partial charge in [-0.1, -0.05) is 0 Å². The van der Waals surface area contributed by atoms with E-state index in [4.69, 9.17) is 19.9 Å². The molecule has 0 saturated carbocycles. The van der Waals surface area contributed by atoms with Gasteiger partial charge in [0.25, 0.3) is 0 Å². The largest absolute Gasteiger partial charge is 0.474 e. The van der Waals surface area contributed by atoms with Gasteiger partial charge in [0.2, 0.25) is 5.88 Å². The lowest BCUT2D eigenvalue weighted by Gasteiger charge is -2.10. The second kappa shape index (κ2) is 9.11. The Balaban J connectivity index is 2.39. The van der Waals surface area contributed by atoms with Gasteiger partial charge in [0, 0.05) is 26.5 Å². The summed E-state index contributed by atoms with van der Waals surface area (Å²) in [5.41, 5.74) is 6.19. The number of ether oxygens (including phenoxy) is 4. The lowest BCUT2D eigenvalue weighted by Crippen LogP contribution is -2.12. The number of nitrogens with two attached hydrogens (primary N) is 1. The molecule has 1 aromatic heterocycles. The Kier molecular flexibility index (Phi) is 7.38. The maximum absolute atomic E-state index is 11.4. The van der Waals surface area contributed by atoms with Gasteiger partial charge in [0.15, 0.2) is 0 Å². The fraction of sp³-hybridized carbons (Fsp3) is 0.538. The van der Waals surface area contributed by atoms with Crippen molar-refractivity contribution < 1.29 is 23.7 Å². The van der Waals surface area contributed by atoms with Gasteiger partial charge in [-0.15, -0.1) is 0 Å². The summed E-state index contributed by atoms with van der Waals surface area (Å²) in [4.78, 5) is 15.4. The summed E-state index contributed by atoms with van der Waals surface area (Å²) in [6.07, 6.45) is 2.27. The van der Waals surface area contributed by atoms with Crippen molar-refractivity contribution in [2.45, 2.75) is 6.42 Å². The number of rotatable bonds is 9. The number of nitrogens with zero attached hydrogens (tertiary/aromatic N) is 1. The molecule has 2 N–H and O–H groups in total. The van der Waals surface area contributed by atoms with E-state index in [0.717, 1.165) is 6.42 Å². The third-order valence-electron chi connectivity index (χ3n) is 2.46. The Labute approximate surface area is 118 Å². The monoisotopic (exact) mass is 284 g/mol. The van der Waals surface area contributed by atoms with Crippen molar-refractivity contribution in [1.82, 2.24) is 4.98 Å². The van der Waals surface area contributed by atoms with Gasteiger partial charge in [-0.05, 0) is 12.5 Å². The van der Waals surface area contributed by atoms with Crippen molar-refractivity contribution in [2.75, 3.05) is 46.4 Å². The van der Waals surface area contributed by atoms with Crippen LogP contribution in [0.2, 0.25) is 0 Å². The number of nitrogen functional groups attached to an aromatic ring is 1. The average molecular weight is 284 g/mol. The molecule has 0 atom stereocenters. The molecule has 0 amide bonds. The number of hydrogen-bond acceptors (Lipinski definition) is 7. The summed E-state index contributed by atoms with van der Waals surface area (Å²) in [7, 11) is 2.93. The van der Waals surface area contributed by atoms with Gasteiger partial charge < -0.3 is 24.7 Å². The molecule has 1 aromatic rings. The highest BCUT2D eigenvalue weighted by Gasteiger charge is 2.14. The van der Waals surface area contributed by atoms with E-state index < -0.39 is 5.97 Å². The van der Waals surface area contributed by atoms with Crippen molar-refractivity contribution >= 4 is 11.7 Å². The number of esters is 1. The predicted molar refractivity (Wildman–Crippen MR) is 72.8 cm³/mol. The summed E-state index contributed by atoms with van der Waals surface area (Å²) in [6.45, 7) is 1.97. The Morgan fingerprint density at radius 2 is 2.05 bits per heavy atom. The molecule has 0 aliphatic heterocycles. The van der Waals surface area contributed by atoms with E-state index in [1.165, 1.54) is 19.4 Å². The fourth-order valence-corrected chi connectivity index (χ4v) is 1.46. The first-order valence-electron chi connectivity index (χ1n) is 6.23. The summed E-state index contributed by atoms with van der Waals surface area (Å²) in [5, 5.41) is 0. The van der Waals surface area contributed by atoms with Crippen molar-refractivity contribution in [3.8, 4) is 5.88 Å². The van der Waals surface area contributed by atoms with E-state index in [9.17, 15) is 4.79 Å². The molecule has 0 unspecified atom stereocenters. The van der Waals surface area contributed by atoms with Crippen LogP contribution in [0.1, 0.15) is 16.8 Å². The maximum atomic E-state index is 11.4. The maximum Gasteiger partial charge on any atom is 0.340 e. The van der Waals surface area contributed by atoms with Crippen LogP contribution in [-0.4, -0.2) is 51.6 Å². The molecule has 7 nitrogen and oxygen atoms in total. The minimum atomic E-state index is -0.523. The Bertz CT molecular complexity index is 425. The van der Waals surface area contributed by atoms with Crippen LogP contribution in [0.5, 0.6) is 5.88 Å². The highest BCUT2D eigenvalue weighted by molar-refractivity contribution is 5.95. The number of anilines is 1. The SMILES string of the molecule is COCCCOCCOc1nccc(C(=O)OC)c1N. The number of methoxy groups -OCH3 is 2. The molecule has 0 spiro atoms. The van der Waals surface area contributed by atoms with Crippen molar-refractivity contribution in [2.24, 2.45) is 0 Å². The Morgan fingerprint density at radius 1 is 1.25 bits per heavy atom. The molecule has 0 fully saturated rings. The smallest absolute Gasteiger partial charge is 0.340 e. The molecule has 0 aliphatic rings. The first-order valence-corrected chi connectivity index (χ1v) is 6.23. The number of hydrogen-bond donors (Lipinski definition) is 1. The second-order valence-electron chi connectivity index (χ2n) is 3.88. The predicted octanol–water partition coefficient (Wildman–Crippen LogP) is 0.882. The molecule has 0 aromatic carbocycles. The van der Waals surface area contributed by atoms with Crippen molar-refractivity contribution in [1.29, 1.82) is 0 Å². The molecule has 1 rings (SSSR count). The van der Waals surface area contributed by atoms with E-state index in [2.05, 4.69) is 9.72 Å². The molecule has 0 radical (unpaired) electrons. The Hall–Kier alpha value is -1.86. The average Bonchev–Trinajstić information content (AvgIpc) is 2.47. The van der Waals surface area contributed by atoms with Crippen LogP contribution in [0.4, 0.5) is 5.69 Å². The van der Waals surface area contributed by atoms with Crippen LogP contribution in [0.15, 0.2) is 12.3 Å². The van der Waals surface area contributed by atoms with E-state index in [1.54, 1.807) is 7.11 Å². The third kappa shape index (κ3) is 5.02. The molecule has 0 saturated heterocycles. The van der Waals surface area contributed by atoms with Gasteiger partial charge >= 0.3 is 5.97 Å². The second-order valence-corrected chi connectivity index (χ2v) is 3.88. The van der Waals surface area contributed by atoms with Gasteiger partial charge in [0.05, 0.1) is 19.3 Å². The molecule has 112 valence electrons. The lowest BCUT2D eigenvalue weighted by atomic mass is 10.2. The first-order chi connectivity index (χ1) is 9.70. The van der Waals surface area contributed by atoms with E-state index in [0.29, 0.717) is 26.4 Å². The number of carbonyl (C=O) groups excluding carboxylic acids is 1. The molecule has 20 heavy (non-hydrogen) atoms. The highest BCUT2D eigenvalue weighted by Crippen LogP contribution is 2.22. The van der Waals surface area contributed by atoms with Crippen LogP contribution in [0.25, 0.3) is 0 Å². The third-order valence-corrected chi connectivity index (χ3v) is 2.46. The lowest BCUT2D eigenvalue weighted by molar-refractivity contribution is 0.0601. The zero-order chi connectivity index (χ0) is 14.8. The summed E-state index contributed by atoms with van der Waals surface area (Å²) >= 11 is 0. The summed E-state index contributed by atoms with van der Waals surface area (Å²) in [5.74, 6) is -0.320. The topological polar surface area (TPSA) is 92.9 Å². The fourth-order valence-electron chi connectivity index (χ4n) is 1.46. The Morgan fingerprint density at radius 3 is 2.75 bits per heavy atom. The molecule has 0 bridgehead atoms. The van der Waals surface area contributed by atoms with Crippen molar-refractivity contribution in [3.05, 3.63) is 17.8 Å². The molecule has 0 aliphatic carbocycles. The highest BCUT2D eigenvalue weighted by atomic mass is 16.5. The normalized spacial score (nSPS) is 10.3. The van der Waals surface area contributed by atoms with Gasteiger partial charge in [-0.25, -0.2) is 9.78 Å². The minimum Gasteiger partial charge on any atom is -0.474 e. The van der Waals surface area contributed by atoms with E-state index in [-0.39, 0.29) is 17.1 Å². The number of pyridine rings is 1. The van der Waals surface area contributed by atoms with Crippen LogP contribution < -0.4 is 10.5 Å². The zero-order valence-corrected chi connectivity index (χ0v) is 11.8. The molecular weight excluding hydrogens is 264 g/mol. The summed E-state index contributed by atoms with van der Waals surface area (Å²) < 4.78 is 20.2. The molecular formula is C13H20N2O5. The van der Waals surface area contributed by atoms with Gasteiger partial charge in [-0.3, -0.25) is 0 Å². The van der Waals surface area contributed by atoms with Crippen molar-refractivity contribution in [3.63, 3.8) is 0 Å². The van der Waals surface area contributed by atoms with Crippen LogP contribution in [-0.2, 0) is 14.2 Å². The zero-order valence-electron chi connectivity index (χ0n) is 11.8. The van der Waals surface area contributed by atoms with E-state index in [1.807, 2.05) is 0 Å². The van der Waals surface area contributed by atoms with Crippen LogP contribution in [0.3, 0.4) is 0 Å². The minimum absolute atomic E-state index is 0.165. The van der Waals surface area contributed by atoms with Crippen LogP contribution in [0, 0.1) is 0 Å². The number of carbonyl (C=O) groups is 1. The molecule has 1 heterocycles. The van der Waals surface area contributed by atoms with Gasteiger partial charge in [-0.2, -0.15) is 0 Å². The first kappa shape index (κ1) is 16.2. The summed E-state index contributed by atoms with van der Waals surface area (Å²) in [6, 6.07) is 1.48. The number of aromatic nitrogens is 1. The van der Waals surface area contributed by atoms with E-state index >= 15 is 0 Å². The van der Waals surface area contributed by atoms with Gasteiger partial charge in [0.1, 0.15) is 12.3 Å². The van der Waals surface area contributed by atoms with Crippen LogP contribution >= 0.6 is 0 Å². The quantitative estimate of drug-likeness (QED) is 0.531. The standard InChI is InChI=1S/C13H20N2O5/c1-17-6-3-7-19-8-9-20-12-11(14)10(4-5-15-12)13(16)18-2/h4-5H,3,6-9,14H2,1-2H3. The molecule has 7 heteroatoms.